The summed E-state index contributed by atoms with van der Waals surface area (Å²) in [5.41, 5.74) is 5.23. The Hall–Kier alpha value is -2.09. The largest absolute Gasteiger partial charge is 0.255 e. The molecule has 96 valence electrons. The number of para-hydroxylation sites is 2. The maximum atomic E-state index is 3.52. The Labute approximate surface area is 113 Å². The van der Waals surface area contributed by atoms with Crippen LogP contribution in [0.15, 0.2) is 48.5 Å². The Balaban J connectivity index is 2.12. The minimum atomic E-state index is 0.930. The molecule has 2 heteroatoms. The van der Waals surface area contributed by atoms with Gasteiger partial charge in [-0.2, -0.15) is 0 Å². The number of fused-ring (bicyclic) bond motifs is 1. The number of aromatic nitrogens is 2. The summed E-state index contributed by atoms with van der Waals surface area (Å²) < 4.78 is 2.39. The van der Waals surface area contributed by atoms with Gasteiger partial charge in [0.05, 0.1) is 0 Å². The lowest BCUT2D eigenvalue weighted by atomic mass is 10.1. The van der Waals surface area contributed by atoms with Crippen LogP contribution in [0.25, 0.3) is 11.0 Å². The Morgan fingerprint density at radius 3 is 2.53 bits per heavy atom. The number of benzene rings is 2. The molecule has 0 saturated carbocycles. The van der Waals surface area contributed by atoms with Gasteiger partial charge >= 0.3 is 0 Å². The van der Waals surface area contributed by atoms with Crippen LogP contribution in [0.1, 0.15) is 23.9 Å². The van der Waals surface area contributed by atoms with Crippen molar-refractivity contribution in [3.8, 4) is 0 Å². The number of imidazole rings is 1. The SMILES string of the molecule is CCc1[nH]c2ccccc2[n+]1Cc1ccccc1C. The number of hydrogen-bond donors (Lipinski definition) is 1. The van der Waals surface area contributed by atoms with Gasteiger partial charge in [0.15, 0.2) is 11.0 Å². The van der Waals surface area contributed by atoms with E-state index in [1.54, 1.807) is 0 Å². The van der Waals surface area contributed by atoms with Crippen LogP contribution in [0, 0.1) is 6.92 Å². The zero-order chi connectivity index (χ0) is 13.2. The van der Waals surface area contributed by atoms with Crippen LogP contribution in [0.2, 0.25) is 0 Å². The number of aromatic amines is 1. The van der Waals surface area contributed by atoms with Crippen LogP contribution < -0.4 is 4.57 Å². The minimum Gasteiger partial charge on any atom is -0.241 e. The zero-order valence-electron chi connectivity index (χ0n) is 11.5. The Bertz CT molecular complexity index is 710. The van der Waals surface area contributed by atoms with Crippen molar-refractivity contribution in [2.45, 2.75) is 26.8 Å². The second-order valence-corrected chi connectivity index (χ2v) is 4.96. The third-order valence-corrected chi connectivity index (χ3v) is 3.72. The second kappa shape index (κ2) is 4.88. The fourth-order valence-electron chi connectivity index (χ4n) is 2.60. The lowest BCUT2D eigenvalue weighted by Crippen LogP contribution is -2.37. The van der Waals surface area contributed by atoms with Crippen LogP contribution in [0.3, 0.4) is 0 Å². The highest BCUT2D eigenvalue weighted by molar-refractivity contribution is 5.71. The molecule has 0 aliphatic rings. The minimum absolute atomic E-state index is 0.930. The number of rotatable bonds is 3. The quantitative estimate of drug-likeness (QED) is 0.689. The van der Waals surface area contributed by atoms with Gasteiger partial charge in [-0.1, -0.05) is 43.3 Å². The lowest BCUT2D eigenvalue weighted by Gasteiger charge is -2.05. The molecule has 19 heavy (non-hydrogen) atoms. The highest BCUT2D eigenvalue weighted by Gasteiger charge is 2.17. The van der Waals surface area contributed by atoms with Gasteiger partial charge in [0.1, 0.15) is 6.54 Å². The van der Waals surface area contributed by atoms with E-state index in [0.717, 1.165) is 13.0 Å². The normalized spacial score (nSPS) is 11.1. The van der Waals surface area contributed by atoms with Gasteiger partial charge in [0, 0.05) is 6.42 Å². The van der Waals surface area contributed by atoms with Crippen molar-refractivity contribution in [1.82, 2.24) is 4.98 Å². The van der Waals surface area contributed by atoms with Gasteiger partial charge in [-0.05, 0) is 30.2 Å². The van der Waals surface area contributed by atoms with Gasteiger partial charge in [0.2, 0.25) is 0 Å². The molecule has 0 aliphatic heterocycles. The molecule has 1 heterocycles. The maximum absolute atomic E-state index is 3.52. The molecule has 2 nitrogen and oxygen atoms in total. The molecule has 0 bridgehead atoms. The molecule has 3 rings (SSSR count). The molecular weight excluding hydrogens is 232 g/mol. The molecule has 0 saturated heterocycles. The third-order valence-electron chi connectivity index (χ3n) is 3.72. The maximum Gasteiger partial charge on any atom is 0.255 e. The van der Waals surface area contributed by atoms with Crippen molar-refractivity contribution in [3.05, 3.63) is 65.5 Å². The third kappa shape index (κ3) is 2.14. The average Bonchev–Trinajstić information content (AvgIpc) is 2.79. The first-order valence-corrected chi connectivity index (χ1v) is 6.83. The van der Waals surface area contributed by atoms with Gasteiger partial charge in [0.25, 0.3) is 5.82 Å². The summed E-state index contributed by atoms with van der Waals surface area (Å²) in [6.45, 7) is 5.30. The molecule has 0 fully saturated rings. The molecule has 0 unspecified atom stereocenters. The van der Waals surface area contributed by atoms with E-state index < -0.39 is 0 Å². The van der Waals surface area contributed by atoms with Crippen LogP contribution >= 0.6 is 0 Å². The second-order valence-electron chi connectivity index (χ2n) is 4.96. The van der Waals surface area contributed by atoms with E-state index in [4.69, 9.17) is 0 Å². The van der Waals surface area contributed by atoms with Crippen LogP contribution in [0.4, 0.5) is 0 Å². The Morgan fingerprint density at radius 1 is 1.00 bits per heavy atom. The summed E-state index contributed by atoms with van der Waals surface area (Å²) in [4.78, 5) is 3.52. The fourth-order valence-corrected chi connectivity index (χ4v) is 2.60. The highest BCUT2D eigenvalue weighted by Crippen LogP contribution is 2.12. The summed E-state index contributed by atoms with van der Waals surface area (Å²) in [5.74, 6) is 1.28. The molecular formula is C17H19N2+. The number of nitrogens with one attached hydrogen (secondary N) is 1. The van der Waals surface area contributed by atoms with E-state index in [1.807, 2.05) is 0 Å². The standard InChI is InChI=1S/C17H18N2/c1-3-17-18-15-10-6-7-11-16(15)19(17)12-14-9-5-4-8-13(14)2/h4-11H,3,12H2,1-2H3/p+1. The molecule has 0 spiro atoms. The predicted molar refractivity (Wildman–Crippen MR) is 78.2 cm³/mol. The molecule has 0 radical (unpaired) electrons. The van der Waals surface area contributed by atoms with Gasteiger partial charge < -0.3 is 0 Å². The van der Waals surface area contributed by atoms with E-state index >= 15 is 0 Å². The van der Waals surface area contributed by atoms with Gasteiger partial charge in [-0.25, -0.2) is 9.55 Å². The van der Waals surface area contributed by atoms with E-state index in [9.17, 15) is 0 Å². The average molecular weight is 251 g/mol. The molecule has 2 aromatic carbocycles. The van der Waals surface area contributed by atoms with Crippen molar-refractivity contribution >= 4 is 11.0 Å². The van der Waals surface area contributed by atoms with E-state index in [-0.39, 0.29) is 0 Å². The first-order chi connectivity index (χ1) is 9.29. The van der Waals surface area contributed by atoms with Crippen LogP contribution in [-0.2, 0) is 13.0 Å². The van der Waals surface area contributed by atoms with Gasteiger partial charge in [-0.15, -0.1) is 0 Å². The highest BCUT2D eigenvalue weighted by atomic mass is 15.1. The van der Waals surface area contributed by atoms with E-state index in [1.165, 1.54) is 28.0 Å². The van der Waals surface area contributed by atoms with Crippen LogP contribution in [0.5, 0.6) is 0 Å². The monoisotopic (exact) mass is 251 g/mol. The first kappa shape index (κ1) is 12.0. The van der Waals surface area contributed by atoms with E-state index in [2.05, 4.69) is 71.9 Å². The molecule has 0 aliphatic carbocycles. The van der Waals surface area contributed by atoms with Crippen molar-refractivity contribution in [3.63, 3.8) is 0 Å². The summed E-state index contributed by atoms with van der Waals surface area (Å²) in [5, 5.41) is 0. The lowest BCUT2D eigenvalue weighted by molar-refractivity contribution is -0.669. The smallest absolute Gasteiger partial charge is 0.241 e. The zero-order valence-corrected chi connectivity index (χ0v) is 11.5. The van der Waals surface area contributed by atoms with Crippen molar-refractivity contribution in [2.75, 3.05) is 0 Å². The number of hydrogen-bond acceptors (Lipinski definition) is 0. The summed E-state index contributed by atoms with van der Waals surface area (Å²) >= 11 is 0. The first-order valence-electron chi connectivity index (χ1n) is 6.83. The van der Waals surface area contributed by atoms with E-state index in [0.29, 0.717) is 0 Å². The summed E-state index contributed by atoms with van der Waals surface area (Å²) in [7, 11) is 0. The van der Waals surface area contributed by atoms with Crippen LogP contribution in [-0.4, -0.2) is 4.98 Å². The molecule has 3 aromatic rings. The summed E-state index contributed by atoms with van der Waals surface area (Å²) in [6.07, 6.45) is 1.01. The number of H-pyrrole nitrogens is 1. The number of nitrogens with zero attached hydrogens (tertiary/aromatic N) is 1. The predicted octanol–water partition coefficient (Wildman–Crippen LogP) is 3.37. The molecule has 0 amide bonds. The fraction of sp³-hybridized carbons (Fsp3) is 0.235. The molecule has 0 atom stereocenters. The Kier molecular flexibility index (Phi) is 3.08. The van der Waals surface area contributed by atoms with Crippen molar-refractivity contribution < 1.29 is 4.57 Å². The summed E-state index contributed by atoms with van der Waals surface area (Å²) in [6, 6.07) is 17.1. The van der Waals surface area contributed by atoms with Gasteiger partial charge in [-0.3, -0.25) is 0 Å². The van der Waals surface area contributed by atoms with Crippen molar-refractivity contribution in [2.24, 2.45) is 0 Å². The Morgan fingerprint density at radius 2 is 1.74 bits per heavy atom. The molecule has 1 N–H and O–H groups in total. The van der Waals surface area contributed by atoms with Crippen molar-refractivity contribution in [1.29, 1.82) is 0 Å². The number of aryl methyl sites for hydroxylation is 2. The molecule has 1 aromatic heterocycles. The topological polar surface area (TPSA) is 19.7 Å².